The zero-order valence-corrected chi connectivity index (χ0v) is 15.0. The number of benzene rings is 1. The van der Waals surface area contributed by atoms with Crippen LogP contribution < -0.4 is 5.32 Å². The zero-order chi connectivity index (χ0) is 18.7. The number of aryl methyl sites for hydroxylation is 1. The van der Waals surface area contributed by atoms with E-state index >= 15 is 0 Å². The molecule has 0 saturated heterocycles. The van der Waals surface area contributed by atoms with E-state index in [1.807, 2.05) is 55.5 Å². The molecular formula is C19H20N2O3S. The summed E-state index contributed by atoms with van der Waals surface area (Å²) in [6.45, 7) is 3.23. The first-order chi connectivity index (χ1) is 11.9. The number of amides is 1. The maximum Gasteiger partial charge on any atom is 0.327 e. The number of nitrogens with one attached hydrogen (secondary N) is 1. The Kier molecular flexibility index (Phi) is 8.83. The van der Waals surface area contributed by atoms with Gasteiger partial charge in [0.1, 0.15) is 11.7 Å². The van der Waals surface area contributed by atoms with Crippen LogP contribution in [0.4, 0.5) is 0 Å². The van der Waals surface area contributed by atoms with Crippen molar-refractivity contribution in [3.05, 3.63) is 65.5 Å². The number of carbonyl (C=O) groups excluding carboxylic acids is 1. The van der Waals surface area contributed by atoms with Gasteiger partial charge in [-0.1, -0.05) is 30.2 Å². The number of hydrogen-bond acceptors (Lipinski definition) is 4. The molecule has 0 radical (unpaired) electrons. The van der Waals surface area contributed by atoms with Gasteiger partial charge in [-0.05, 0) is 37.1 Å². The molecule has 2 rings (SSSR count). The number of pyridine rings is 1. The fourth-order valence-corrected chi connectivity index (χ4v) is 1.95. The van der Waals surface area contributed by atoms with E-state index in [4.69, 9.17) is 5.11 Å². The van der Waals surface area contributed by atoms with Gasteiger partial charge < -0.3 is 10.4 Å². The van der Waals surface area contributed by atoms with Crippen molar-refractivity contribution in [1.29, 1.82) is 0 Å². The molecule has 130 valence electrons. The van der Waals surface area contributed by atoms with Crippen LogP contribution in [-0.2, 0) is 9.59 Å². The molecule has 1 aromatic carbocycles. The molecule has 6 heteroatoms. The molecule has 0 unspecified atom stereocenters. The maximum absolute atomic E-state index is 10.3. The predicted molar refractivity (Wildman–Crippen MR) is 100 cm³/mol. The molecule has 0 saturated carbocycles. The van der Waals surface area contributed by atoms with Crippen molar-refractivity contribution in [2.75, 3.05) is 5.75 Å². The average Bonchev–Trinajstić information content (AvgIpc) is 2.59. The van der Waals surface area contributed by atoms with Crippen LogP contribution in [0.2, 0.25) is 0 Å². The number of aliphatic carboxylic acids is 1. The number of carboxylic acid groups (broad SMARTS) is 1. The number of nitrogens with zero attached hydrogens (tertiary/aromatic N) is 1. The summed E-state index contributed by atoms with van der Waals surface area (Å²) in [7, 11) is 0. The Morgan fingerprint density at radius 2 is 1.84 bits per heavy atom. The van der Waals surface area contributed by atoms with Gasteiger partial charge in [-0.3, -0.25) is 4.79 Å². The number of thiol groups is 1. The molecule has 1 atom stereocenters. The monoisotopic (exact) mass is 356 g/mol. The Balaban J connectivity index is 0.000000275. The molecule has 1 aromatic heterocycles. The molecule has 2 aromatic rings. The second-order valence-electron chi connectivity index (χ2n) is 5.05. The largest absolute Gasteiger partial charge is 0.480 e. The summed E-state index contributed by atoms with van der Waals surface area (Å²) >= 11 is 3.73. The quantitative estimate of drug-likeness (QED) is 0.582. The summed E-state index contributed by atoms with van der Waals surface area (Å²) in [5.41, 5.74) is 2.83. The van der Waals surface area contributed by atoms with Crippen molar-refractivity contribution in [3.63, 3.8) is 0 Å². The van der Waals surface area contributed by atoms with E-state index in [0.29, 0.717) is 0 Å². The zero-order valence-electron chi connectivity index (χ0n) is 14.1. The summed E-state index contributed by atoms with van der Waals surface area (Å²) in [6, 6.07) is 14.9. The highest BCUT2D eigenvalue weighted by molar-refractivity contribution is 7.80. The van der Waals surface area contributed by atoms with Gasteiger partial charge in [0.25, 0.3) is 0 Å². The van der Waals surface area contributed by atoms with Gasteiger partial charge in [-0.25, -0.2) is 9.78 Å². The number of carboxylic acids is 1. The number of hydrogen-bond donors (Lipinski definition) is 3. The van der Waals surface area contributed by atoms with Gasteiger partial charge >= 0.3 is 5.97 Å². The van der Waals surface area contributed by atoms with Gasteiger partial charge in [0, 0.05) is 23.9 Å². The minimum absolute atomic E-state index is 0.106. The van der Waals surface area contributed by atoms with Gasteiger partial charge in [-0.2, -0.15) is 12.6 Å². The third kappa shape index (κ3) is 8.58. The molecule has 0 aliphatic carbocycles. The molecule has 2 N–H and O–H groups in total. The van der Waals surface area contributed by atoms with Crippen molar-refractivity contribution in [2.24, 2.45) is 0 Å². The summed E-state index contributed by atoms with van der Waals surface area (Å²) in [5.74, 6) is 4.80. The number of rotatable bonds is 3. The Bertz CT molecular complexity index is 767. The molecule has 0 aliphatic heterocycles. The topological polar surface area (TPSA) is 79.3 Å². The van der Waals surface area contributed by atoms with Crippen LogP contribution in [0, 0.1) is 18.8 Å². The lowest BCUT2D eigenvalue weighted by atomic mass is 10.2. The summed E-state index contributed by atoms with van der Waals surface area (Å²) in [6.07, 6.45) is 0. The molecule has 0 bridgehead atoms. The minimum Gasteiger partial charge on any atom is -0.480 e. The van der Waals surface area contributed by atoms with E-state index in [1.165, 1.54) is 6.92 Å². The van der Waals surface area contributed by atoms with Crippen molar-refractivity contribution < 1.29 is 14.7 Å². The van der Waals surface area contributed by atoms with Crippen LogP contribution in [0.5, 0.6) is 0 Å². The lowest BCUT2D eigenvalue weighted by Gasteiger charge is -2.08. The highest BCUT2D eigenvalue weighted by atomic mass is 32.1. The summed E-state index contributed by atoms with van der Waals surface area (Å²) < 4.78 is 0. The number of aromatic nitrogens is 1. The molecule has 0 aliphatic rings. The predicted octanol–water partition coefficient (Wildman–Crippen LogP) is 2.30. The van der Waals surface area contributed by atoms with Crippen LogP contribution in [0.1, 0.15) is 23.9 Å². The molecule has 25 heavy (non-hydrogen) atoms. The normalized spacial score (nSPS) is 10.4. The highest BCUT2D eigenvalue weighted by Gasteiger charge is 2.15. The van der Waals surface area contributed by atoms with Crippen molar-refractivity contribution in [1.82, 2.24) is 10.3 Å². The first-order valence-electron chi connectivity index (χ1n) is 7.54. The Hall–Kier alpha value is -2.78. The van der Waals surface area contributed by atoms with Crippen molar-refractivity contribution in [2.45, 2.75) is 19.9 Å². The fourth-order valence-electron chi connectivity index (χ4n) is 1.70. The number of carbonyl (C=O) groups is 2. The Morgan fingerprint density at radius 1 is 1.16 bits per heavy atom. The van der Waals surface area contributed by atoms with Crippen LogP contribution >= 0.6 is 12.6 Å². The van der Waals surface area contributed by atoms with E-state index < -0.39 is 12.0 Å². The SMILES string of the molecule is CC(=O)N[C@@H](CS)C(=O)O.Cc1cccc(C#Cc2ccccc2)n1. The lowest BCUT2D eigenvalue weighted by Crippen LogP contribution is -2.40. The standard InChI is InChI=1S/C14H11N.C5H9NO3S/c1-12-6-5-9-14(15-12)11-10-13-7-3-2-4-8-13;1-3(7)6-4(2-10)5(8)9/h2-9H,1H3;4,10H,2H2,1H3,(H,6,7)(H,8,9)/t;4-/m.0/s1. The van der Waals surface area contributed by atoms with Crippen molar-refractivity contribution in [3.8, 4) is 11.8 Å². The van der Waals surface area contributed by atoms with Crippen LogP contribution in [0.3, 0.4) is 0 Å². The molecule has 5 nitrogen and oxygen atoms in total. The van der Waals surface area contributed by atoms with Crippen LogP contribution in [0.15, 0.2) is 48.5 Å². The van der Waals surface area contributed by atoms with E-state index in [1.54, 1.807) is 0 Å². The molecule has 1 heterocycles. The third-order valence-electron chi connectivity index (χ3n) is 2.86. The van der Waals surface area contributed by atoms with Gasteiger partial charge in [-0.15, -0.1) is 0 Å². The van der Waals surface area contributed by atoms with E-state index in [9.17, 15) is 9.59 Å². The van der Waals surface area contributed by atoms with Crippen LogP contribution in [0.25, 0.3) is 0 Å². The average molecular weight is 356 g/mol. The van der Waals surface area contributed by atoms with E-state index in [2.05, 4.69) is 34.8 Å². The first kappa shape index (κ1) is 20.3. The fraction of sp³-hybridized carbons (Fsp3) is 0.211. The van der Waals surface area contributed by atoms with Crippen molar-refractivity contribution >= 4 is 24.5 Å². The highest BCUT2D eigenvalue weighted by Crippen LogP contribution is 1.98. The van der Waals surface area contributed by atoms with Gasteiger partial charge in [0.2, 0.25) is 5.91 Å². The van der Waals surface area contributed by atoms with E-state index in [0.717, 1.165) is 17.0 Å². The smallest absolute Gasteiger partial charge is 0.327 e. The minimum atomic E-state index is -1.06. The van der Waals surface area contributed by atoms with Gasteiger partial charge in [0.15, 0.2) is 0 Å². The summed E-state index contributed by atoms with van der Waals surface area (Å²) in [5, 5.41) is 10.6. The Morgan fingerprint density at radius 3 is 2.32 bits per heavy atom. The summed E-state index contributed by atoms with van der Waals surface area (Å²) in [4.78, 5) is 24.8. The first-order valence-corrected chi connectivity index (χ1v) is 8.17. The molecule has 0 spiro atoms. The third-order valence-corrected chi connectivity index (χ3v) is 3.22. The second kappa shape index (κ2) is 10.9. The molecule has 0 fully saturated rings. The molecule has 1 amide bonds. The van der Waals surface area contributed by atoms with Crippen LogP contribution in [-0.4, -0.2) is 33.8 Å². The van der Waals surface area contributed by atoms with Gasteiger partial charge in [0.05, 0.1) is 0 Å². The Labute approximate surface area is 152 Å². The van der Waals surface area contributed by atoms with E-state index in [-0.39, 0.29) is 11.7 Å². The lowest BCUT2D eigenvalue weighted by molar-refractivity contribution is -0.140. The maximum atomic E-state index is 10.3. The second-order valence-corrected chi connectivity index (χ2v) is 5.42. The molecular weight excluding hydrogens is 336 g/mol.